The number of aromatic nitrogens is 6. The second-order valence-electron chi connectivity index (χ2n) is 7.53. The number of aryl methyl sites for hydroxylation is 1. The van der Waals surface area contributed by atoms with Crippen molar-refractivity contribution < 1.29 is 13.2 Å². The number of anilines is 2. The van der Waals surface area contributed by atoms with Crippen molar-refractivity contribution in [2.45, 2.75) is 12.6 Å². The topological polar surface area (TPSA) is 72.9 Å². The van der Waals surface area contributed by atoms with E-state index in [1.54, 1.807) is 17.1 Å². The van der Waals surface area contributed by atoms with Gasteiger partial charge in [-0.05, 0) is 53.1 Å². The lowest BCUT2D eigenvalue weighted by atomic mass is 10.1. The molecule has 0 amide bonds. The van der Waals surface area contributed by atoms with Gasteiger partial charge in [0.15, 0.2) is 5.65 Å². The summed E-state index contributed by atoms with van der Waals surface area (Å²) in [6.45, 7) is 0. The first-order valence-electron chi connectivity index (χ1n) is 10.1. The first-order chi connectivity index (χ1) is 15.9. The molecule has 10 heteroatoms. The molecule has 4 aromatic heterocycles. The standard InChI is InChI=1S/C23H18F3N7/c1-32-20(7-10-28-32)29-19-13-16(6-9-27-19)17-8-11-33-21(30-31-22(33)14-17)12-15-2-4-18(5-3-15)23(24,25)26/h2-11,13-14H,12H2,1H3,(H,27,29). The molecule has 0 aliphatic carbocycles. The van der Waals surface area contributed by atoms with Gasteiger partial charge in [0.1, 0.15) is 17.5 Å². The molecule has 0 bridgehead atoms. The summed E-state index contributed by atoms with van der Waals surface area (Å²) in [5, 5.41) is 15.8. The molecule has 166 valence electrons. The summed E-state index contributed by atoms with van der Waals surface area (Å²) < 4.78 is 41.9. The van der Waals surface area contributed by atoms with Crippen LogP contribution in [0.25, 0.3) is 16.8 Å². The van der Waals surface area contributed by atoms with Gasteiger partial charge < -0.3 is 5.32 Å². The van der Waals surface area contributed by atoms with Crippen molar-refractivity contribution in [2.24, 2.45) is 7.05 Å². The zero-order chi connectivity index (χ0) is 23.0. The monoisotopic (exact) mass is 449 g/mol. The van der Waals surface area contributed by atoms with Crippen LogP contribution in [-0.4, -0.2) is 29.4 Å². The number of nitrogens with one attached hydrogen (secondary N) is 1. The number of benzene rings is 1. The largest absolute Gasteiger partial charge is 0.416 e. The predicted molar refractivity (Wildman–Crippen MR) is 117 cm³/mol. The number of alkyl halides is 3. The maximum atomic E-state index is 12.8. The molecule has 0 saturated carbocycles. The fraction of sp³-hybridized carbons (Fsp3) is 0.130. The van der Waals surface area contributed by atoms with Crippen LogP contribution < -0.4 is 5.32 Å². The SMILES string of the molecule is Cn1nccc1Nc1cc(-c2ccn3c(Cc4ccc(C(F)(F)F)cc4)nnc3c2)ccn1. The lowest BCUT2D eigenvalue weighted by Gasteiger charge is -2.09. The molecule has 1 aromatic carbocycles. The Balaban J connectivity index is 1.38. The van der Waals surface area contributed by atoms with Crippen LogP contribution in [0.3, 0.4) is 0 Å². The maximum Gasteiger partial charge on any atom is 0.416 e. The molecule has 0 aliphatic rings. The Morgan fingerprint density at radius 3 is 2.42 bits per heavy atom. The minimum Gasteiger partial charge on any atom is -0.325 e. The minimum absolute atomic E-state index is 0.368. The van der Waals surface area contributed by atoms with E-state index in [0.29, 0.717) is 23.7 Å². The number of fused-ring (bicyclic) bond motifs is 1. The molecule has 5 aromatic rings. The van der Waals surface area contributed by atoms with Gasteiger partial charge in [-0.1, -0.05) is 12.1 Å². The molecule has 0 atom stereocenters. The number of rotatable bonds is 5. The van der Waals surface area contributed by atoms with Gasteiger partial charge in [-0.25, -0.2) is 4.98 Å². The van der Waals surface area contributed by atoms with Crippen molar-refractivity contribution in [1.82, 2.24) is 29.4 Å². The van der Waals surface area contributed by atoms with E-state index in [1.165, 1.54) is 12.1 Å². The highest BCUT2D eigenvalue weighted by Crippen LogP contribution is 2.29. The molecule has 0 spiro atoms. The zero-order valence-corrected chi connectivity index (χ0v) is 17.5. The molecule has 7 nitrogen and oxygen atoms in total. The highest BCUT2D eigenvalue weighted by molar-refractivity contribution is 5.70. The molecule has 0 aliphatic heterocycles. The second-order valence-corrected chi connectivity index (χ2v) is 7.53. The van der Waals surface area contributed by atoms with Crippen LogP contribution in [-0.2, 0) is 19.6 Å². The van der Waals surface area contributed by atoms with Gasteiger partial charge in [-0.2, -0.15) is 18.3 Å². The van der Waals surface area contributed by atoms with E-state index in [2.05, 4.69) is 25.6 Å². The Kier molecular flexibility index (Phi) is 5.04. The number of pyridine rings is 2. The van der Waals surface area contributed by atoms with E-state index >= 15 is 0 Å². The molecular weight excluding hydrogens is 431 g/mol. The number of nitrogens with zero attached hydrogens (tertiary/aromatic N) is 6. The van der Waals surface area contributed by atoms with Crippen molar-refractivity contribution in [3.05, 3.63) is 90.1 Å². The Bertz CT molecular complexity index is 1420. The summed E-state index contributed by atoms with van der Waals surface area (Å²) in [5.74, 6) is 2.14. The minimum atomic E-state index is -4.35. The van der Waals surface area contributed by atoms with E-state index in [4.69, 9.17) is 0 Å². The van der Waals surface area contributed by atoms with Crippen LogP contribution in [0, 0.1) is 0 Å². The van der Waals surface area contributed by atoms with Crippen LogP contribution in [0.5, 0.6) is 0 Å². The third-order valence-corrected chi connectivity index (χ3v) is 5.29. The van der Waals surface area contributed by atoms with Gasteiger partial charge >= 0.3 is 6.18 Å². The van der Waals surface area contributed by atoms with Crippen LogP contribution >= 0.6 is 0 Å². The van der Waals surface area contributed by atoms with Crippen molar-refractivity contribution in [3.8, 4) is 11.1 Å². The summed E-state index contributed by atoms with van der Waals surface area (Å²) in [5.41, 5.74) is 2.58. The highest BCUT2D eigenvalue weighted by atomic mass is 19.4. The molecule has 4 heterocycles. The smallest absolute Gasteiger partial charge is 0.325 e. The van der Waals surface area contributed by atoms with Crippen LogP contribution in [0.4, 0.5) is 24.8 Å². The average molecular weight is 449 g/mol. The van der Waals surface area contributed by atoms with Crippen LogP contribution in [0.2, 0.25) is 0 Å². The quantitative estimate of drug-likeness (QED) is 0.414. The van der Waals surface area contributed by atoms with Crippen molar-refractivity contribution in [3.63, 3.8) is 0 Å². The lowest BCUT2D eigenvalue weighted by molar-refractivity contribution is -0.137. The zero-order valence-electron chi connectivity index (χ0n) is 17.5. The van der Waals surface area contributed by atoms with Gasteiger partial charge in [0.05, 0.1) is 11.8 Å². The van der Waals surface area contributed by atoms with Gasteiger partial charge in [-0.3, -0.25) is 9.08 Å². The predicted octanol–water partition coefficient (Wildman–Crippen LogP) is 4.88. The normalized spacial score (nSPS) is 11.8. The number of hydrogen-bond donors (Lipinski definition) is 1. The summed E-state index contributed by atoms with van der Waals surface area (Å²) >= 11 is 0. The number of halogens is 3. The summed E-state index contributed by atoms with van der Waals surface area (Å²) in [7, 11) is 1.84. The molecule has 5 rings (SSSR count). The van der Waals surface area contributed by atoms with Crippen LogP contribution in [0.1, 0.15) is 17.0 Å². The first kappa shape index (κ1) is 20.7. The van der Waals surface area contributed by atoms with Gasteiger partial charge in [0.25, 0.3) is 0 Å². The Labute approximate surface area is 186 Å². The van der Waals surface area contributed by atoms with E-state index in [1.807, 2.05) is 48.0 Å². The summed E-state index contributed by atoms with van der Waals surface area (Å²) in [6, 6.07) is 14.6. The second kappa shape index (κ2) is 8.05. The Morgan fingerprint density at radius 2 is 1.70 bits per heavy atom. The fourth-order valence-corrected chi connectivity index (χ4v) is 3.54. The Hall–Kier alpha value is -4.21. The van der Waals surface area contributed by atoms with Crippen molar-refractivity contribution in [2.75, 3.05) is 5.32 Å². The molecule has 0 unspecified atom stereocenters. The van der Waals surface area contributed by atoms with Crippen molar-refractivity contribution in [1.29, 1.82) is 0 Å². The third-order valence-electron chi connectivity index (χ3n) is 5.29. The van der Waals surface area contributed by atoms with E-state index in [9.17, 15) is 13.2 Å². The molecular formula is C23H18F3N7. The summed E-state index contributed by atoms with van der Waals surface area (Å²) in [4.78, 5) is 4.36. The first-order valence-corrected chi connectivity index (χ1v) is 10.1. The molecule has 0 saturated heterocycles. The lowest BCUT2D eigenvalue weighted by Crippen LogP contribution is -2.05. The van der Waals surface area contributed by atoms with E-state index < -0.39 is 11.7 Å². The summed E-state index contributed by atoms with van der Waals surface area (Å²) in [6.07, 6.45) is 1.30. The fourth-order valence-electron chi connectivity index (χ4n) is 3.54. The molecule has 33 heavy (non-hydrogen) atoms. The van der Waals surface area contributed by atoms with Gasteiger partial charge in [0, 0.05) is 31.9 Å². The van der Waals surface area contributed by atoms with Crippen LogP contribution in [0.15, 0.2) is 73.2 Å². The third kappa shape index (κ3) is 4.27. The highest BCUT2D eigenvalue weighted by Gasteiger charge is 2.29. The molecule has 0 radical (unpaired) electrons. The van der Waals surface area contributed by atoms with E-state index in [-0.39, 0.29) is 0 Å². The molecule has 0 fully saturated rings. The maximum absolute atomic E-state index is 12.8. The Morgan fingerprint density at radius 1 is 0.909 bits per heavy atom. The van der Waals surface area contributed by atoms with Gasteiger partial charge in [-0.15, -0.1) is 10.2 Å². The molecule has 1 N–H and O–H groups in total. The number of hydrogen-bond acceptors (Lipinski definition) is 5. The van der Waals surface area contributed by atoms with E-state index in [0.717, 1.165) is 34.6 Å². The van der Waals surface area contributed by atoms with Crippen molar-refractivity contribution >= 4 is 17.3 Å². The average Bonchev–Trinajstić information content (AvgIpc) is 3.39. The van der Waals surface area contributed by atoms with Gasteiger partial charge in [0.2, 0.25) is 0 Å².